The molecule has 6 nitrogen and oxygen atoms in total. The highest BCUT2D eigenvalue weighted by Gasteiger charge is 2.01. The molecule has 146 valence electrons. The number of halogens is 1. The third kappa shape index (κ3) is 11.4. The van der Waals surface area contributed by atoms with Gasteiger partial charge in [-0.2, -0.15) is 5.10 Å². The molecule has 0 amide bonds. The molecule has 0 spiro atoms. The average molecular weight is 465 g/mol. The van der Waals surface area contributed by atoms with Crippen LogP contribution in [0.2, 0.25) is 0 Å². The molecule has 0 bridgehead atoms. The zero-order valence-electron chi connectivity index (χ0n) is 16.5. The van der Waals surface area contributed by atoms with Crippen LogP contribution in [0.15, 0.2) is 11.1 Å². The van der Waals surface area contributed by atoms with Crippen molar-refractivity contribution in [1.82, 2.24) is 20.4 Å². The first-order valence-electron chi connectivity index (χ1n) is 9.14. The largest absolute Gasteiger partial charge is 0.380 e. The summed E-state index contributed by atoms with van der Waals surface area (Å²) >= 11 is 0. The minimum atomic E-state index is 0. The molecular formula is C18H36IN5O. The van der Waals surface area contributed by atoms with Crippen LogP contribution in [0.5, 0.6) is 0 Å². The summed E-state index contributed by atoms with van der Waals surface area (Å²) in [5.74, 6) is 1.55. The highest BCUT2D eigenvalue weighted by atomic mass is 127. The Bertz CT molecular complexity index is 488. The first kappa shape index (κ1) is 24.2. The second-order valence-corrected chi connectivity index (χ2v) is 6.49. The van der Waals surface area contributed by atoms with Crippen molar-refractivity contribution in [2.45, 2.75) is 54.0 Å². The number of rotatable bonds is 11. The molecule has 0 saturated carbocycles. The minimum absolute atomic E-state index is 0. The molecular weight excluding hydrogens is 429 g/mol. The molecule has 25 heavy (non-hydrogen) atoms. The molecule has 1 aromatic heterocycles. The van der Waals surface area contributed by atoms with Gasteiger partial charge in [-0.05, 0) is 45.6 Å². The van der Waals surface area contributed by atoms with Crippen molar-refractivity contribution in [3.05, 3.63) is 17.5 Å². The monoisotopic (exact) mass is 465 g/mol. The van der Waals surface area contributed by atoms with E-state index in [4.69, 9.17) is 4.74 Å². The van der Waals surface area contributed by atoms with E-state index in [1.165, 1.54) is 5.69 Å². The Morgan fingerprint density at radius 2 is 2.04 bits per heavy atom. The lowest BCUT2D eigenvalue weighted by Crippen LogP contribution is -2.39. The third-order valence-corrected chi connectivity index (χ3v) is 3.62. The third-order valence-electron chi connectivity index (χ3n) is 3.62. The van der Waals surface area contributed by atoms with E-state index in [0.29, 0.717) is 12.5 Å². The number of guanidine groups is 1. The molecule has 0 saturated heterocycles. The van der Waals surface area contributed by atoms with Gasteiger partial charge in [0.2, 0.25) is 0 Å². The van der Waals surface area contributed by atoms with Crippen LogP contribution in [0.4, 0.5) is 0 Å². The van der Waals surface area contributed by atoms with Crippen LogP contribution in [-0.2, 0) is 11.3 Å². The van der Waals surface area contributed by atoms with E-state index in [-0.39, 0.29) is 24.0 Å². The number of nitrogens with zero attached hydrogens (tertiary/aromatic N) is 3. The fraction of sp³-hybridized carbons (Fsp3) is 0.778. The molecule has 1 heterocycles. The summed E-state index contributed by atoms with van der Waals surface area (Å²) in [5, 5.41) is 11.1. The number of nitrogens with one attached hydrogen (secondary N) is 2. The summed E-state index contributed by atoms with van der Waals surface area (Å²) in [6.07, 6.45) is 2.09. The maximum atomic E-state index is 5.62. The van der Waals surface area contributed by atoms with Gasteiger partial charge in [0, 0.05) is 38.5 Å². The van der Waals surface area contributed by atoms with E-state index in [0.717, 1.165) is 57.3 Å². The number of hydrogen-bond acceptors (Lipinski definition) is 3. The summed E-state index contributed by atoms with van der Waals surface area (Å²) in [7, 11) is 0. The quantitative estimate of drug-likeness (QED) is 0.228. The number of hydrogen-bond donors (Lipinski definition) is 2. The average Bonchev–Trinajstić information content (AvgIpc) is 2.84. The lowest BCUT2D eigenvalue weighted by atomic mass is 10.1. The van der Waals surface area contributed by atoms with Gasteiger partial charge in [-0.25, -0.2) is 0 Å². The molecule has 0 unspecified atom stereocenters. The van der Waals surface area contributed by atoms with Gasteiger partial charge in [-0.15, -0.1) is 24.0 Å². The fourth-order valence-electron chi connectivity index (χ4n) is 2.32. The zero-order valence-corrected chi connectivity index (χ0v) is 18.8. The van der Waals surface area contributed by atoms with E-state index < -0.39 is 0 Å². The Hall–Kier alpha value is -0.830. The van der Waals surface area contributed by atoms with Crippen LogP contribution in [-0.4, -0.2) is 48.6 Å². The SMILES string of the molecule is CCNC(=NCCCn1nc(C)cc1C)NCCOCCC(C)C.I. The predicted molar refractivity (Wildman–Crippen MR) is 116 cm³/mol. The van der Waals surface area contributed by atoms with Crippen LogP contribution in [0.3, 0.4) is 0 Å². The van der Waals surface area contributed by atoms with Gasteiger partial charge in [0.05, 0.1) is 12.3 Å². The van der Waals surface area contributed by atoms with Gasteiger partial charge in [0.1, 0.15) is 0 Å². The first-order chi connectivity index (χ1) is 11.5. The lowest BCUT2D eigenvalue weighted by Gasteiger charge is -2.12. The van der Waals surface area contributed by atoms with E-state index in [1.54, 1.807) is 0 Å². The highest BCUT2D eigenvalue weighted by Crippen LogP contribution is 2.02. The molecule has 0 aliphatic heterocycles. The van der Waals surface area contributed by atoms with Crippen molar-refractivity contribution >= 4 is 29.9 Å². The van der Waals surface area contributed by atoms with Crippen LogP contribution in [0.25, 0.3) is 0 Å². The summed E-state index contributed by atoms with van der Waals surface area (Å²) in [6, 6.07) is 2.11. The highest BCUT2D eigenvalue weighted by molar-refractivity contribution is 14.0. The van der Waals surface area contributed by atoms with Crippen LogP contribution < -0.4 is 10.6 Å². The van der Waals surface area contributed by atoms with E-state index in [1.807, 2.05) is 11.6 Å². The van der Waals surface area contributed by atoms with Crippen molar-refractivity contribution in [2.24, 2.45) is 10.9 Å². The molecule has 2 N–H and O–H groups in total. The Kier molecular flexibility index (Phi) is 13.9. The second-order valence-electron chi connectivity index (χ2n) is 6.49. The van der Waals surface area contributed by atoms with Crippen molar-refractivity contribution in [2.75, 3.05) is 32.8 Å². The topological polar surface area (TPSA) is 63.5 Å². The first-order valence-corrected chi connectivity index (χ1v) is 9.14. The Balaban J connectivity index is 0.00000576. The van der Waals surface area contributed by atoms with Crippen molar-refractivity contribution in [3.8, 4) is 0 Å². The number of aryl methyl sites for hydroxylation is 3. The molecule has 0 aromatic carbocycles. The Morgan fingerprint density at radius 3 is 2.64 bits per heavy atom. The van der Waals surface area contributed by atoms with Gasteiger partial charge in [0.25, 0.3) is 0 Å². The lowest BCUT2D eigenvalue weighted by molar-refractivity contribution is 0.128. The molecule has 0 radical (unpaired) electrons. The molecule has 0 fully saturated rings. The number of ether oxygens (including phenoxy) is 1. The maximum Gasteiger partial charge on any atom is 0.191 e. The molecule has 0 atom stereocenters. The summed E-state index contributed by atoms with van der Waals surface area (Å²) in [6.45, 7) is 15.5. The van der Waals surface area contributed by atoms with Crippen molar-refractivity contribution in [1.29, 1.82) is 0 Å². The summed E-state index contributed by atoms with van der Waals surface area (Å²) in [4.78, 5) is 4.61. The molecule has 1 aromatic rings. The number of aromatic nitrogens is 2. The van der Waals surface area contributed by atoms with Crippen LogP contribution in [0.1, 0.15) is 45.0 Å². The summed E-state index contributed by atoms with van der Waals surface area (Å²) in [5.41, 5.74) is 2.28. The van der Waals surface area contributed by atoms with Gasteiger partial charge in [-0.3, -0.25) is 9.67 Å². The zero-order chi connectivity index (χ0) is 17.8. The fourth-order valence-corrected chi connectivity index (χ4v) is 2.32. The molecule has 7 heteroatoms. The second kappa shape index (κ2) is 14.4. The van der Waals surface area contributed by atoms with E-state index >= 15 is 0 Å². The van der Waals surface area contributed by atoms with Gasteiger partial charge >= 0.3 is 0 Å². The molecule has 1 rings (SSSR count). The van der Waals surface area contributed by atoms with Gasteiger partial charge < -0.3 is 15.4 Å². The van der Waals surface area contributed by atoms with Crippen LogP contribution in [0, 0.1) is 19.8 Å². The smallest absolute Gasteiger partial charge is 0.191 e. The number of aliphatic imine (C=N–C) groups is 1. The Morgan fingerprint density at radius 1 is 1.28 bits per heavy atom. The molecule has 0 aliphatic rings. The standard InChI is InChI=1S/C18H35N5O.HI/c1-6-19-18(21-10-13-24-12-8-15(2)3)20-9-7-11-23-17(5)14-16(4)22-23;/h14-15H,6-13H2,1-5H3,(H2,19,20,21);1H. The van der Waals surface area contributed by atoms with E-state index in [2.05, 4.69) is 54.5 Å². The molecule has 0 aliphatic carbocycles. The maximum absolute atomic E-state index is 5.62. The van der Waals surface area contributed by atoms with Crippen molar-refractivity contribution < 1.29 is 4.74 Å². The van der Waals surface area contributed by atoms with Crippen LogP contribution >= 0.6 is 24.0 Å². The van der Waals surface area contributed by atoms with Crippen molar-refractivity contribution in [3.63, 3.8) is 0 Å². The predicted octanol–water partition coefficient (Wildman–Crippen LogP) is 3.13. The van der Waals surface area contributed by atoms with E-state index in [9.17, 15) is 0 Å². The normalized spacial score (nSPS) is 11.5. The minimum Gasteiger partial charge on any atom is -0.380 e. The van der Waals surface area contributed by atoms with Gasteiger partial charge in [-0.1, -0.05) is 13.8 Å². The summed E-state index contributed by atoms with van der Waals surface area (Å²) < 4.78 is 7.66. The Labute approximate surface area is 170 Å². The van der Waals surface area contributed by atoms with Gasteiger partial charge in [0.15, 0.2) is 5.96 Å².